The molecule has 2 nitrogen and oxygen atoms in total. The minimum atomic E-state index is 0.551. The van der Waals surface area contributed by atoms with Crippen molar-refractivity contribution in [3.63, 3.8) is 0 Å². The van der Waals surface area contributed by atoms with Crippen LogP contribution in [0.15, 0.2) is 0 Å². The standard InChI is InChI=1S/C14H30N2/c1-4-6-7-13(3)16-12-14(8-5-2)9-10-15-11-14/h13,15-16H,4-12H2,1-3H3. The Morgan fingerprint density at radius 1 is 1.31 bits per heavy atom. The Hall–Kier alpha value is -0.0800. The molecule has 0 spiro atoms. The maximum Gasteiger partial charge on any atom is 0.00389 e. The van der Waals surface area contributed by atoms with Gasteiger partial charge in [-0.3, -0.25) is 0 Å². The number of rotatable bonds is 8. The zero-order valence-electron chi connectivity index (χ0n) is 11.4. The van der Waals surface area contributed by atoms with Crippen molar-refractivity contribution in [1.29, 1.82) is 0 Å². The highest BCUT2D eigenvalue weighted by Crippen LogP contribution is 2.30. The number of hydrogen-bond donors (Lipinski definition) is 2. The summed E-state index contributed by atoms with van der Waals surface area (Å²) in [4.78, 5) is 0. The number of nitrogens with one attached hydrogen (secondary N) is 2. The van der Waals surface area contributed by atoms with Crippen LogP contribution in [-0.2, 0) is 0 Å². The SMILES string of the molecule is CCCCC(C)NCC1(CCC)CCNC1. The van der Waals surface area contributed by atoms with Gasteiger partial charge in [0, 0.05) is 19.1 Å². The third kappa shape index (κ3) is 4.42. The summed E-state index contributed by atoms with van der Waals surface area (Å²) >= 11 is 0. The fourth-order valence-electron chi connectivity index (χ4n) is 2.78. The molecule has 2 N–H and O–H groups in total. The predicted octanol–water partition coefficient (Wildman–Crippen LogP) is 2.93. The van der Waals surface area contributed by atoms with Crippen LogP contribution in [0.25, 0.3) is 0 Å². The van der Waals surface area contributed by atoms with E-state index in [9.17, 15) is 0 Å². The molecule has 16 heavy (non-hydrogen) atoms. The maximum absolute atomic E-state index is 3.74. The van der Waals surface area contributed by atoms with Crippen LogP contribution in [0.3, 0.4) is 0 Å². The molecule has 2 atom stereocenters. The Kier molecular flexibility index (Phi) is 6.37. The molecular formula is C14H30N2. The Balaban J connectivity index is 2.26. The lowest BCUT2D eigenvalue weighted by molar-refractivity contribution is 0.262. The monoisotopic (exact) mass is 226 g/mol. The fraction of sp³-hybridized carbons (Fsp3) is 1.00. The predicted molar refractivity (Wildman–Crippen MR) is 71.8 cm³/mol. The molecule has 1 aliphatic rings. The Morgan fingerprint density at radius 2 is 2.12 bits per heavy atom. The largest absolute Gasteiger partial charge is 0.316 e. The molecule has 96 valence electrons. The third-order valence-corrected chi connectivity index (χ3v) is 3.93. The minimum absolute atomic E-state index is 0.551. The molecule has 0 aliphatic carbocycles. The summed E-state index contributed by atoms with van der Waals surface area (Å²) in [7, 11) is 0. The van der Waals surface area contributed by atoms with Crippen molar-refractivity contribution >= 4 is 0 Å². The zero-order chi connectivity index (χ0) is 11.9. The Bertz CT molecular complexity index is 174. The van der Waals surface area contributed by atoms with Crippen LogP contribution >= 0.6 is 0 Å². The van der Waals surface area contributed by atoms with Crippen LogP contribution < -0.4 is 10.6 Å². The molecule has 0 amide bonds. The highest BCUT2D eigenvalue weighted by Gasteiger charge is 2.32. The third-order valence-electron chi connectivity index (χ3n) is 3.93. The van der Waals surface area contributed by atoms with Gasteiger partial charge in [-0.1, -0.05) is 33.1 Å². The summed E-state index contributed by atoms with van der Waals surface area (Å²) in [6.45, 7) is 10.5. The topological polar surface area (TPSA) is 24.1 Å². The average molecular weight is 226 g/mol. The summed E-state index contributed by atoms with van der Waals surface area (Å²) in [6.07, 6.45) is 8.03. The van der Waals surface area contributed by atoms with Gasteiger partial charge in [0.2, 0.25) is 0 Å². The molecule has 1 aliphatic heterocycles. The van der Waals surface area contributed by atoms with E-state index >= 15 is 0 Å². The van der Waals surface area contributed by atoms with E-state index in [-0.39, 0.29) is 0 Å². The van der Waals surface area contributed by atoms with Gasteiger partial charge in [0.05, 0.1) is 0 Å². The fourth-order valence-corrected chi connectivity index (χ4v) is 2.78. The van der Waals surface area contributed by atoms with Gasteiger partial charge < -0.3 is 10.6 Å². The van der Waals surface area contributed by atoms with Crippen molar-refractivity contribution in [1.82, 2.24) is 10.6 Å². The first-order chi connectivity index (χ1) is 7.72. The molecule has 0 aromatic carbocycles. The first kappa shape index (κ1) is 14.0. The molecule has 1 heterocycles. The molecule has 0 bridgehead atoms. The molecule has 1 fully saturated rings. The van der Waals surface area contributed by atoms with Gasteiger partial charge in [-0.2, -0.15) is 0 Å². The van der Waals surface area contributed by atoms with Crippen molar-refractivity contribution in [2.45, 2.75) is 65.3 Å². The zero-order valence-corrected chi connectivity index (χ0v) is 11.4. The van der Waals surface area contributed by atoms with Gasteiger partial charge in [-0.15, -0.1) is 0 Å². The van der Waals surface area contributed by atoms with E-state index in [1.165, 1.54) is 58.2 Å². The first-order valence-corrected chi connectivity index (χ1v) is 7.16. The van der Waals surface area contributed by atoms with Crippen LogP contribution in [0.5, 0.6) is 0 Å². The van der Waals surface area contributed by atoms with E-state index in [0.717, 1.165) is 0 Å². The normalized spacial score (nSPS) is 27.2. The average Bonchev–Trinajstić information content (AvgIpc) is 2.73. The number of hydrogen-bond acceptors (Lipinski definition) is 2. The van der Waals surface area contributed by atoms with E-state index in [0.29, 0.717) is 11.5 Å². The van der Waals surface area contributed by atoms with Gasteiger partial charge in [0.15, 0.2) is 0 Å². The van der Waals surface area contributed by atoms with Crippen LogP contribution in [0.1, 0.15) is 59.3 Å². The van der Waals surface area contributed by atoms with E-state index in [4.69, 9.17) is 0 Å². The van der Waals surface area contributed by atoms with Gasteiger partial charge >= 0.3 is 0 Å². The van der Waals surface area contributed by atoms with Gasteiger partial charge in [-0.25, -0.2) is 0 Å². The molecule has 1 saturated heterocycles. The molecule has 2 heteroatoms. The second-order valence-electron chi connectivity index (χ2n) is 5.60. The Labute approximate surface area is 102 Å². The second kappa shape index (κ2) is 7.29. The van der Waals surface area contributed by atoms with E-state index in [1.54, 1.807) is 0 Å². The molecule has 2 unspecified atom stereocenters. The molecular weight excluding hydrogens is 196 g/mol. The van der Waals surface area contributed by atoms with Crippen molar-refractivity contribution in [2.75, 3.05) is 19.6 Å². The molecule has 0 aromatic heterocycles. The van der Waals surface area contributed by atoms with Gasteiger partial charge in [-0.05, 0) is 38.1 Å². The molecule has 0 saturated carbocycles. The summed E-state index contributed by atoms with van der Waals surface area (Å²) in [5.74, 6) is 0. The van der Waals surface area contributed by atoms with Crippen molar-refractivity contribution in [2.24, 2.45) is 5.41 Å². The van der Waals surface area contributed by atoms with Gasteiger partial charge in [0.1, 0.15) is 0 Å². The maximum atomic E-state index is 3.74. The summed E-state index contributed by atoms with van der Waals surface area (Å²) in [5, 5.41) is 7.27. The van der Waals surface area contributed by atoms with Crippen molar-refractivity contribution in [3.8, 4) is 0 Å². The van der Waals surface area contributed by atoms with Crippen molar-refractivity contribution in [3.05, 3.63) is 0 Å². The lowest BCUT2D eigenvalue weighted by Gasteiger charge is -2.30. The lowest BCUT2D eigenvalue weighted by atomic mass is 9.82. The van der Waals surface area contributed by atoms with Crippen LogP contribution in [0, 0.1) is 5.41 Å². The van der Waals surface area contributed by atoms with Crippen LogP contribution in [0.4, 0.5) is 0 Å². The first-order valence-electron chi connectivity index (χ1n) is 7.16. The Morgan fingerprint density at radius 3 is 2.69 bits per heavy atom. The summed E-state index contributed by atoms with van der Waals surface area (Å²) in [6, 6.07) is 0.689. The van der Waals surface area contributed by atoms with Gasteiger partial charge in [0.25, 0.3) is 0 Å². The van der Waals surface area contributed by atoms with E-state index in [1.807, 2.05) is 0 Å². The van der Waals surface area contributed by atoms with Crippen molar-refractivity contribution < 1.29 is 0 Å². The summed E-state index contributed by atoms with van der Waals surface area (Å²) in [5.41, 5.74) is 0.551. The van der Waals surface area contributed by atoms with E-state index < -0.39 is 0 Å². The quantitative estimate of drug-likeness (QED) is 0.665. The minimum Gasteiger partial charge on any atom is -0.316 e. The van der Waals surface area contributed by atoms with E-state index in [2.05, 4.69) is 31.4 Å². The molecule has 1 rings (SSSR count). The highest BCUT2D eigenvalue weighted by atomic mass is 15.0. The highest BCUT2D eigenvalue weighted by molar-refractivity contribution is 4.89. The summed E-state index contributed by atoms with van der Waals surface area (Å²) < 4.78 is 0. The molecule has 0 aromatic rings. The molecule has 0 radical (unpaired) electrons. The van der Waals surface area contributed by atoms with Crippen LogP contribution in [0.2, 0.25) is 0 Å². The number of unbranched alkanes of at least 4 members (excludes halogenated alkanes) is 1. The second-order valence-corrected chi connectivity index (χ2v) is 5.60. The lowest BCUT2D eigenvalue weighted by Crippen LogP contribution is -2.40. The van der Waals surface area contributed by atoms with Crippen LogP contribution in [-0.4, -0.2) is 25.7 Å². The smallest absolute Gasteiger partial charge is 0.00389 e.